The summed E-state index contributed by atoms with van der Waals surface area (Å²) in [6, 6.07) is 0. The molecule has 0 N–H and O–H groups in total. The van der Waals surface area contributed by atoms with Crippen LogP contribution in [0.5, 0.6) is 0 Å². The summed E-state index contributed by atoms with van der Waals surface area (Å²) < 4.78 is 9.17. The van der Waals surface area contributed by atoms with Crippen LogP contribution in [0.15, 0.2) is 12.2 Å². The third kappa shape index (κ3) is 2.50. The zero-order chi connectivity index (χ0) is 11.4. The van der Waals surface area contributed by atoms with E-state index in [9.17, 15) is 9.59 Å². The molecule has 0 saturated heterocycles. The van der Waals surface area contributed by atoms with Crippen LogP contribution in [0.2, 0.25) is 0 Å². The summed E-state index contributed by atoms with van der Waals surface area (Å²) in [6.07, 6.45) is 4.14. The fourth-order valence-corrected chi connectivity index (χ4v) is 2.00. The predicted octanol–water partition coefficient (Wildman–Crippen LogP) is 1.13. The molecule has 0 radical (unpaired) electrons. The average Bonchev–Trinajstić information content (AvgIpc) is 2.74. The van der Waals surface area contributed by atoms with Crippen molar-refractivity contribution in [2.45, 2.75) is 11.8 Å². The molecule has 5 heteroatoms. The maximum Gasteiger partial charge on any atom is 0.324 e. The van der Waals surface area contributed by atoms with E-state index in [1.54, 1.807) is 6.08 Å². The summed E-state index contributed by atoms with van der Waals surface area (Å²) >= 11 is 5.90. The monoisotopic (exact) mass is 232 g/mol. The van der Waals surface area contributed by atoms with Crippen LogP contribution in [0.25, 0.3) is 0 Å². The van der Waals surface area contributed by atoms with Crippen LogP contribution in [0.4, 0.5) is 0 Å². The Morgan fingerprint density at radius 3 is 2.60 bits per heavy atom. The molecule has 1 aliphatic rings. The standard InChI is InChI=1S/C10H13ClO4/c1-14-9(12)7-5-3-4-6(7)8(11)10(13)15-2/h3-4,6-8H,5H2,1-2H3. The number of hydrogen-bond donors (Lipinski definition) is 0. The van der Waals surface area contributed by atoms with E-state index in [2.05, 4.69) is 9.47 Å². The Hall–Kier alpha value is -1.03. The van der Waals surface area contributed by atoms with Crippen molar-refractivity contribution >= 4 is 23.5 Å². The number of halogens is 1. The van der Waals surface area contributed by atoms with Crippen LogP contribution in [-0.4, -0.2) is 31.5 Å². The lowest BCUT2D eigenvalue weighted by Crippen LogP contribution is -2.32. The topological polar surface area (TPSA) is 52.6 Å². The highest BCUT2D eigenvalue weighted by Crippen LogP contribution is 2.32. The van der Waals surface area contributed by atoms with Gasteiger partial charge in [0.2, 0.25) is 0 Å². The lowest BCUT2D eigenvalue weighted by Gasteiger charge is -2.19. The molecule has 0 fully saturated rings. The van der Waals surface area contributed by atoms with Crippen molar-refractivity contribution in [1.29, 1.82) is 0 Å². The number of methoxy groups -OCH3 is 2. The molecule has 1 aliphatic carbocycles. The summed E-state index contributed by atoms with van der Waals surface area (Å²) in [7, 11) is 2.59. The number of rotatable bonds is 3. The first-order valence-electron chi connectivity index (χ1n) is 4.58. The van der Waals surface area contributed by atoms with Gasteiger partial charge in [0, 0.05) is 5.92 Å². The van der Waals surface area contributed by atoms with Gasteiger partial charge >= 0.3 is 11.9 Å². The zero-order valence-corrected chi connectivity index (χ0v) is 9.36. The number of carbonyl (C=O) groups excluding carboxylic acids is 2. The van der Waals surface area contributed by atoms with Gasteiger partial charge in [-0.3, -0.25) is 9.59 Å². The van der Waals surface area contributed by atoms with E-state index in [1.165, 1.54) is 14.2 Å². The quantitative estimate of drug-likeness (QED) is 0.416. The highest BCUT2D eigenvalue weighted by atomic mass is 35.5. The third-order valence-electron chi connectivity index (χ3n) is 2.48. The molecular weight excluding hydrogens is 220 g/mol. The minimum Gasteiger partial charge on any atom is -0.469 e. The highest BCUT2D eigenvalue weighted by molar-refractivity contribution is 6.30. The molecule has 4 nitrogen and oxygen atoms in total. The smallest absolute Gasteiger partial charge is 0.324 e. The summed E-state index contributed by atoms with van der Waals surface area (Å²) in [5.74, 6) is -1.59. The molecule has 0 aliphatic heterocycles. The molecule has 3 atom stereocenters. The molecule has 3 unspecified atom stereocenters. The highest BCUT2D eigenvalue weighted by Gasteiger charge is 2.38. The van der Waals surface area contributed by atoms with Gasteiger partial charge in [0.15, 0.2) is 0 Å². The van der Waals surface area contributed by atoms with E-state index in [4.69, 9.17) is 11.6 Å². The van der Waals surface area contributed by atoms with Crippen LogP contribution < -0.4 is 0 Å². The van der Waals surface area contributed by atoms with Crippen LogP contribution in [-0.2, 0) is 19.1 Å². The number of esters is 2. The lowest BCUT2D eigenvalue weighted by molar-refractivity contribution is -0.147. The van der Waals surface area contributed by atoms with Crippen molar-refractivity contribution < 1.29 is 19.1 Å². The van der Waals surface area contributed by atoms with E-state index in [1.807, 2.05) is 6.08 Å². The van der Waals surface area contributed by atoms with E-state index in [0.717, 1.165) is 0 Å². The van der Waals surface area contributed by atoms with E-state index >= 15 is 0 Å². The molecular formula is C10H13ClO4. The minimum atomic E-state index is -0.835. The fraction of sp³-hybridized carbons (Fsp3) is 0.600. The molecule has 0 aromatic rings. The molecule has 0 spiro atoms. The van der Waals surface area contributed by atoms with Crippen LogP contribution in [0, 0.1) is 11.8 Å². The van der Waals surface area contributed by atoms with Gasteiger partial charge in [0.1, 0.15) is 5.38 Å². The molecule has 0 heterocycles. The van der Waals surface area contributed by atoms with Gasteiger partial charge in [0.25, 0.3) is 0 Å². The van der Waals surface area contributed by atoms with E-state index in [-0.39, 0.29) is 17.8 Å². The second kappa shape index (κ2) is 5.16. The SMILES string of the molecule is COC(=O)C(Cl)C1C=CCC1C(=O)OC. The van der Waals surface area contributed by atoms with Gasteiger partial charge in [-0.05, 0) is 6.42 Å². The number of alkyl halides is 1. The number of ether oxygens (including phenoxy) is 2. The Bertz CT molecular complexity index is 287. The Kier molecular flexibility index (Phi) is 4.15. The van der Waals surface area contributed by atoms with Gasteiger partial charge in [-0.25, -0.2) is 0 Å². The third-order valence-corrected chi connectivity index (χ3v) is 2.95. The zero-order valence-electron chi connectivity index (χ0n) is 8.60. The lowest BCUT2D eigenvalue weighted by atomic mass is 9.92. The maximum atomic E-state index is 11.4. The van der Waals surface area contributed by atoms with Crippen molar-refractivity contribution in [1.82, 2.24) is 0 Å². The van der Waals surface area contributed by atoms with E-state index < -0.39 is 11.3 Å². The summed E-state index contributed by atoms with van der Waals surface area (Å²) in [6.45, 7) is 0. The van der Waals surface area contributed by atoms with Crippen molar-refractivity contribution in [3.63, 3.8) is 0 Å². The molecule has 0 saturated carbocycles. The van der Waals surface area contributed by atoms with Crippen molar-refractivity contribution in [3.05, 3.63) is 12.2 Å². The predicted molar refractivity (Wildman–Crippen MR) is 54.4 cm³/mol. The normalized spacial score (nSPS) is 26.1. The Morgan fingerprint density at radius 1 is 1.40 bits per heavy atom. The Morgan fingerprint density at radius 2 is 2.07 bits per heavy atom. The molecule has 0 amide bonds. The number of hydrogen-bond acceptors (Lipinski definition) is 4. The Labute approximate surface area is 93.2 Å². The van der Waals surface area contributed by atoms with E-state index in [0.29, 0.717) is 6.42 Å². The molecule has 0 aromatic carbocycles. The maximum absolute atomic E-state index is 11.4. The first kappa shape index (κ1) is 12.0. The molecule has 0 bridgehead atoms. The molecule has 0 aromatic heterocycles. The van der Waals surface area contributed by atoms with Gasteiger partial charge in [-0.1, -0.05) is 12.2 Å². The molecule has 15 heavy (non-hydrogen) atoms. The van der Waals surface area contributed by atoms with Gasteiger partial charge < -0.3 is 9.47 Å². The van der Waals surface area contributed by atoms with Gasteiger partial charge in [0.05, 0.1) is 20.1 Å². The molecule has 84 valence electrons. The van der Waals surface area contributed by atoms with Gasteiger partial charge in [-0.2, -0.15) is 0 Å². The van der Waals surface area contributed by atoms with Crippen LogP contribution in [0.1, 0.15) is 6.42 Å². The van der Waals surface area contributed by atoms with Crippen molar-refractivity contribution in [3.8, 4) is 0 Å². The summed E-state index contributed by atoms with van der Waals surface area (Å²) in [5.41, 5.74) is 0. The largest absolute Gasteiger partial charge is 0.469 e. The van der Waals surface area contributed by atoms with Crippen LogP contribution in [0.3, 0.4) is 0 Å². The van der Waals surface area contributed by atoms with Crippen molar-refractivity contribution in [2.75, 3.05) is 14.2 Å². The minimum absolute atomic E-state index is 0.341. The Balaban J connectivity index is 2.71. The summed E-state index contributed by atoms with van der Waals surface area (Å²) in [5, 5.41) is -0.835. The van der Waals surface area contributed by atoms with Gasteiger partial charge in [-0.15, -0.1) is 11.6 Å². The number of carbonyl (C=O) groups is 2. The second-order valence-corrected chi connectivity index (χ2v) is 3.77. The second-order valence-electron chi connectivity index (χ2n) is 3.30. The first-order chi connectivity index (χ1) is 7.11. The van der Waals surface area contributed by atoms with Crippen molar-refractivity contribution in [2.24, 2.45) is 11.8 Å². The summed E-state index contributed by atoms with van der Waals surface area (Å²) in [4.78, 5) is 22.6. The number of allylic oxidation sites excluding steroid dienone is 2. The average molecular weight is 233 g/mol. The first-order valence-corrected chi connectivity index (χ1v) is 5.01. The fourth-order valence-electron chi connectivity index (χ4n) is 1.65. The van der Waals surface area contributed by atoms with Crippen LogP contribution >= 0.6 is 11.6 Å². The molecule has 1 rings (SSSR count).